The number of aromatic amines is 1. The lowest BCUT2D eigenvalue weighted by molar-refractivity contribution is -0.134. The molecular weight excluding hydrogens is 310 g/mol. The molecule has 1 fully saturated rings. The third-order valence-corrected chi connectivity index (χ3v) is 5.77. The minimum Gasteiger partial charge on any atom is -0.333 e. The summed E-state index contributed by atoms with van der Waals surface area (Å²) in [5.41, 5.74) is 6.12. The van der Waals surface area contributed by atoms with Gasteiger partial charge < -0.3 is 4.90 Å². The number of nitrogens with zero attached hydrogens (tertiary/aromatic N) is 2. The molecule has 1 N–H and O–H groups in total. The maximum absolute atomic E-state index is 13.1. The average molecular weight is 337 g/mol. The number of hydrogen-bond donors (Lipinski definition) is 1. The smallest absolute Gasteiger partial charge is 0.223 e. The van der Waals surface area contributed by atoms with Crippen molar-refractivity contribution >= 4 is 5.91 Å². The summed E-state index contributed by atoms with van der Waals surface area (Å²) in [4.78, 5) is 15.4. The van der Waals surface area contributed by atoms with E-state index >= 15 is 0 Å². The lowest BCUT2D eigenvalue weighted by Gasteiger charge is -2.36. The van der Waals surface area contributed by atoms with E-state index in [0.717, 1.165) is 43.5 Å². The molecule has 1 heterocycles. The number of benzene rings is 1. The number of aryl methyl sites for hydroxylation is 3. The number of H-pyrrole nitrogens is 1. The van der Waals surface area contributed by atoms with E-state index in [4.69, 9.17) is 0 Å². The number of carbonyl (C=O) groups is 1. The SMILES string of the molecule is Cc1n[nH]c(C)c1CCC(=O)N(C1CC1)[C@@H]1CCCc2ccccc21. The zero-order chi connectivity index (χ0) is 17.4. The van der Waals surface area contributed by atoms with Crippen LogP contribution < -0.4 is 0 Å². The molecule has 0 saturated heterocycles. The van der Waals surface area contributed by atoms with Crippen LogP contribution in [0.3, 0.4) is 0 Å². The van der Waals surface area contributed by atoms with Gasteiger partial charge in [0.1, 0.15) is 0 Å². The average Bonchev–Trinajstić information content (AvgIpc) is 3.40. The Balaban J connectivity index is 1.53. The minimum atomic E-state index is 0.275. The van der Waals surface area contributed by atoms with Crippen molar-refractivity contribution in [3.05, 3.63) is 52.3 Å². The van der Waals surface area contributed by atoms with E-state index in [1.165, 1.54) is 23.1 Å². The fourth-order valence-corrected chi connectivity index (χ4v) is 4.31. The molecule has 1 amide bonds. The summed E-state index contributed by atoms with van der Waals surface area (Å²) in [6.45, 7) is 4.05. The van der Waals surface area contributed by atoms with E-state index in [0.29, 0.717) is 18.4 Å². The highest BCUT2D eigenvalue weighted by molar-refractivity contribution is 5.78. The molecule has 132 valence electrons. The number of fused-ring (bicyclic) bond motifs is 1. The quantitative estimate of drug-likeness (QED) is 0.895. The van der Waals surface area contributed by atoms with Crippen LogP contribution in [0.4, 0.5) is 0 Å². The number of amides is 1. The molecule has 0 unspecified atom stereocenters. The normalized spacial score (nSPS) is 19.5. The molecule has 0 aliphatic heterocycles. The predicted octanol–water partition coefficient (Wildman–Crippen LogP) is 4.03. The Morgan fingerprint density at radius 1 is 1.24 bits per heavy atom. The predicted molar refractivity (Wildman–Crippen MR) is 98.4 cm³/mol. The zero-order valence-corrected chi connectivity index (χ0v) is 15.2. The van der Waals surface area contributed by atoms with Crippen LogP contribution in [0.15, 0.2) is 24.3 Å². The molecule has 2 aromatic rings. The molecule has 2 aliphatic carbocycles. The Kier molecular flexibility index (Phi) is 4.36. The van der Waals surface area contributed by atoms with Crippen molar-refractivity contribution in [2.45, 2.75) is 70.9 Å². The molecule has 4 heteroatoms. The summed E-state index contributed by atoms with van der Waals surface area (Å²) in [7, 11) is 0. The molecule has 25 heavy (non-hydrogen) atoms. The summed E-state index contributed by atoms with van der Waals surface area (Å²) in [5, 5.41) is 7.28. The third kappa shape index (κ3) is 3.22. The van der Waals surface area contributed by atoms with Gasteiger partial charge >= 0.3 is 0 Å². The van der Waals surface area contributed by atoms with E-state index in [2.05, 4.69) is 39.4 Å². The maximum Gasteiger partial charge on any atom is 0.223 e. The van der Waals surface area contributed by atoms with E-state index in [1.54, 1.807) is 0 Å². The number of rotatable bonds is 5. The highest BCUT2D eigenvalue weighted by Crippen LogP contribution is 2.41. The molecule has 2 aliphatic rings. The van der Waals surface area contributed by atoms with E-state index in [1.807, 2.05) is 13.8 Å². The van der Waals surface area contributed by atoms with Crippen LogP contribution in [0.5, 0.6) is 0 Å². The molecule has 4 nitrogen and oxygen atoms in total. The Hall–Kier alpha value is -2.10. The van der Waals surface area contributed by atoms with Crippen molar-refractivity contribution in [3.63, 3.8) is 0 Å². The molecule has 0 spiro atoms. The Bertz CT molecular complexity index is 756. The Morgan fingerprint density at radius 2 is 2.04 bits per heavy atom. The first-order valence-electron chi connectivity index (χ1n) is 9.54. The number of carbonyl (C=O) groups excluding carboxylic acids is 1. The van der Waals surface area contributed by atoms with Crippen LogP contribution in [0, 0.1) is 13.8 Å². The molecule has 1 aromatic carbocycles. The van der Waals surface area contributed by atoms with Gasteiger partial charge in [-0.25, -0.2) is 0 Å². The fourth-order valence-electron chi connectivity index (χ4n) is 4.31. The first kappa shape index (κ1) is 16.4. The van der Waals surface area contributed by atoms with Crippen molar-refractivity contribution in [1.29, 1.82) is 0 Å². The van der Waals surface area contributed by atoms with Gasteiger partial charge in [0.2, 0.25) is 5.91 Å². The second-order valence-electron chi connectivity index (χ2n) is 7.55. The fraction of sp³-hybridized carbons (Fsp3) is 0.524. The largest absolute Gasteiger partial charge is 0.333 e. The highest BCUT2D eigenvalue weighted by Gasteiger charge is 2.39. The lowest BCUT2D eigenvalue weighted by atomic mass is 9.86. The minimum absolute atomic E-state index is 0.275. The maximum atomic E-state index is 13.1. The number of aromatic nitrogens is 2. The van der Waals surface area contributed by atoms with Crippen LogP contribution in [0.25, 0.3) is 0 Å². The molecule has 0 bridgehead atoms. The summed E-state index contributed by atoms with van der Waals surface area (Å²) in [6, 6.07) is 9.42. The zero-order valence-electron chi connectivity index (χ0n) is 15.2. The van der Waals surface area contributed by atoms with Gasteiger partial charge in [-0.05, 0) is 69.1 Å². The highest BCUT2D eigenvalue weighted by atomic mass is 16.2. The van der Waals surface area contributed by atoms with Crippen molar-refractivity contribution in [3.8, 4) is 0 Å². The summed E-state index contributed by atoms with van der Waals surface area (Å²) >= 11 is 0. The Labute approximate surface area is 149 Å². The number of hydrogen-bond acceptors (Lipinski definition) is 2. The topological polar surface area (TPSA) is 49.0 Å². The summed E-state index contributed by atoms with van der Waals surface area (Å²) in [5.74, 6) is 0.309. The molecule has 4 rings (SSSR count). The second-order valence-corrected chi connectivity index (χ2v) is 7.55. The van der Waals surface area contributed by atoms with E-state index < -0.39 is 0 Å². The van der Waals surface area contributed by atoms with Gasteiger partial charge in [0.15, 0.2) is 0 Å². The van der Waals surface area contributed by atoms with Gasteiger partial charge in [-0.15, -0.1) is 0 Å². The Morgan fingerprint density at radius 3 is 2.76 bits per heavy atom. The van der Waals surface area contributed by atoms with E-state index in [-0.39, 0.29) is 6.04 Å². The van der Waals surface area contributed by atoms with Crippen LogP contribution in [0.1, 0.15) is 66.2 Å². The molecule has 1 atom stereocenters. The van der Waals surface area contributed by atoms with Gasteiger partial charge in [0.25, 0.3) is 0 Å². The van der Waals surface area contributed by atoms with Gasteiger partial charge in [-0.2, -0.15) is 5.10 Å². The molecule has 1 aromatic heterocycles. The van der Waals surface area contributed by atoms with Crippen LogP contribution in [-0.4, -0.2) is 27.0 Å². The third-order valence-electron chi connectivity index (χ3n) is 5.77. The van der Waals surface area contributed by atoms with Gasteiger partial charge in [-0.1, -0.05) is 24.3 Å². The molecule has 0 radical (unpaired) electrons. The van der Waals surface area contributed by atoms with Gasteiger partial charge in [-0.3, -0.25) is 9.89 Å². The monoisotopic (exact) mass is 337 g/mol. The van der Waals surface area contributed by atoms with Crippen molar-refractivity contribution < 1.29 is 4.79 Å². The van der Waals surface area contributed by atoms with E-state index in [9.17, 15) is 4.79 Å². The van der Waals surface area contributed by atoms with Gasteiger partial charge in [0, 0.05) is 18.2 Å². The van der Waals surface area contributed by atoms with Crippen molar-refractivity contribution in [2.75, 3.05) is 0 Å². The summed E-state index contributed by atoms with van der Waals surface area (Å²) in [6.07, 6.45) is 7.11. The van der Waals surface area contributed by atoms with Gasteiger partial charge in [0.05, 0.1) is 11.7 Å². The van der Waals surface area contributed by atoms with Crippen LogP contribution in [-0.2, 0) is 17.6 Å². The van der Waals surface area contributed by atoms with Crippen LogP contribution >= 0.6 is 0 Å². The molecule has 1 saturated carbocycles. The molecular formula is C21H27N3O. The van der Waals surface area contributed by atoms with Crippen LogP contribution in [0.2, 0.25) is 0 Å². The lowest BCUT2D eigenvalue weighted by Crippen LogP contribution is -2.38. The van der Waals surface area contributed by atoms with Crippen molar-refractivity contribution in [1.82, 2.24) is 15.1 Å². The standard InChI is InChI=1S/C21H27N3O/c1-14-18(15(2)23-22-14)12-13-21(25)24(17-10-11-17)20-9-5-7-16-6-3-4-8-19(16)20/h3-4,6,8,17,20H,5,7,9-13H2,1-2H3,(H,22,23)/t20-/m1/s1. The second kappa shape index (κ2) is 6.66. The first-order valence-corrected chi connectivity index (χ1v) is 9.54. The summed E-state index contributed by atoms with van der Waals surface area (Å²) < 4.78 is 0. The number of nitrogens with one attached hydrogen (secondary N) is 1. The first-order chi connectivity index (χ1) is 12.1. The van der Waals surface area contributed by atoms with Crippen molar-refractivity contribution in [2.24, 2.45) is 0 Å².